The molecule has 1 aromatic carbocycles. The Hall–Kier alpha value is -2.26. The molecule has 2 aromatic rings. The molecule has 0 saturated heterocycles. The van der Waals surface area contributed by atoms with Gasteiger partial charge in [-0.3, -0.25) is 10.1 Å². The number of benzene rings is 1. The van der Waals surface area contributed by atoms with Gasteiger partial charge in [-0.25, -0.2) is 10.8 Å². The van der Waals surface area contributed by atoms with Crippen LogP contribution in [0.3, 0.4) is 0 Å². The van der Waals surface area contributed by atoms with Gasteiger partial charge in [0.15, 0.2) is 5.75 Å². The van der Waals surface area contributed by atoms with E-state index in [4.69, 9.17) is 10.6 Å². The van der Waals surface area contributed by atoms with E-state index in [-0.39, 0.29) is 21.8 Å². The average molecular weight is 354 g/mol. The fraction of sp³-hybridized carbons (Fsp3) is 0.167. The Kier molecular flexibility index (Phi) is 4.34. The molecule has 9 heteroatoms. The second kappa shape index (κ2) is 6.02. The van der Waals surface area contributed by atoms with Crippen molar-refractivity contribution < 1.29 is 9.66 Å². The van der Waals surface area contributed by atoms with Gasteiger partial charge in [-0.2, -0.15) is 4.98 Å². The van der Waals surface area contributed by atoms with Crippen LogP contribution in [0.4, 0.5) is 11.5 Å². The van der Waals surface area contributed by atoms with E-state index in [0.717, 1.165) is 0 Å². The number of aromatic nitrogens is 2. The number of nitro groups is 1. The SMILES string of the molecule is Cc1nc(NN)c(C)c(Oc2cccc([N+](=O)[O-])c2Br)n1. The van der Waals surface area contributed by atoms with Gasteiger partial charge in [-0.05, 0) is 35.8 Å². The standard InChI is InChI=1S/C12H12BrN5O3/c1-6-11(17-14)15-7(2)16-12(6)21-9-5-3-4-8(10(9)13)18(19)20/h3-5H,14H2,1-2H3,(H,15,16,17). The van der Waals surface area contributed by atoms with Gasteiger partial charge in [0, 0.05) is 6.07 Å². The van der Waals surface area contributed by atoms with Crippen LogP contribution in [-0.2, 0) is 0 Å². The van der Waals surface area contributed by atoms with Gasteiger partial charge < -0.3 is 10.2 Å². The van der Waals surface area contributed by atoms with E-state index in [1.807, 2.05) is 0 Å². The third-order valence-corrected chi connectivity index (χ3v) is 3.49. The molecular formula is C12H12BrN5O3. The minimum absolute atomic E-state index is 0.0897. The summed E-state index contributed by atoms with van der Waals surface area (Å²) >= 11 is 3.17. The molecule has 0 fully saturated rings. The number of nitro benzene ring substituents is 1. The van der Waals surface area contributed by atoms with E-state index in [2.05, 4.69) is 31.3 Å². The van der Waals surface area contributed by atoms with E-state index in [9.17, 15) is 10.1 Å². The molecule has 0 aliphatic heterocycles. The first kappa shape index (κ1) is 15.1. The van der Waals surface area contributed by atoms with Gasteiger partial charge in [0.05, 0.1) is 10.5 Å². The second-order valence-electron chi connectivity index (χ2n) is 4.14. The van der Waals surface area contributed by atoms with Crippen molar-refractivity contribution in [3.05, 3.63) is 44.2 Å². The zero-order chi connectivity index (χ0) is 15.6. The number of nitrogen functional groups attached to an aromatic ring is 1. The maximum atomic E-state index is 10.9. The van der Waals surface area contributed by atoms with E-state index in [1.165, 1.54) is 12.1 Å². The summed E-state index contributed by atoms with van der Waals surface area (Å²) in [6, 6.07) is 4.51. The molecule has 1 aromatic heterocycles. The van der Waals surface area contributed by atoms with Gasteiger partial charge in [-0.15, -0.1) is 0 Å². The highest BCUT2D eigenvalue weighted by Crippen LogP contribution is 2.37. The number of nitrogens with two attached hydrogens (primary N) is 1. The van der Waals surface area contributed by atoms with Gasteiger partial charge in [0.2, 0.25) is 5.88 Å². The van der Waals surface area contributed by atoms with Crippen LogP contribution in [0.15, 0.2) is 22.7 Å². The van der Waals surface area contributed by atoms with Gasteiger partial charge >= 0.3 is 0 Å². The molecule has 8 nitrogen and oxygen atoms in total. The van der Waals surface area contributed by atoms with Crippen molar-refractivity contribution >= 4 is 27.4 Å². The van der Waals surface area contributed by atoms with Crippen LogP contribution in [0.5, 0.6) is 11.6 Å². The maximum Gasteiger partial charge on any atom is 0.287 e. The minimum Gasteiger partial charge on any atom is -0.437 e. The largest absolute Gasteiger partial charge is 0.437 e. The van der Waals surface area contributed by atoms with Crippen LogP contribution in [0.2, 0.25) is 0 Å². The molecule has 0 bridgehead atoms. The molecular weight excluding hydrogens is 342 g/mol. The number of nitrogens with zero attached hydrogens (tertiary/aromatic N) is 3. The summed E-state index contributed by atoms with van der Waals surface area (Å²) in [7, 11) is 0. The van der Waals surface area contributed by atoms with E-state index in [0.29, 0.717) is 17.2 Å². The third-order valence-electron chi connectivity index (χ3n) is 2.70. The highest BCUT2D eigenvalue weighted by Gasteiger charge is 2.18. The highest BCUT2D eigenvalue weighted by molar-refractivity contribution is 9.10. The monoisotopic (exact) mass is 353 g/mol. The number of aryl methyl sites for hydroxylation is 1. The molecule has 0 aliphatic carbocycles. The zero-order valence-electron chi connectivity index (χ0n) is 11.3. The Balaban J connectivity index is 2.46. The highest BCUT2D eigenvalue weighted by atomic mass is 79.9. The first-order valence-electron chi connectivity index (χ1n) is 5.86. The number of halogens is 1. The quantitative estimate of drug-likeness (QED) is 0.493. The smallest absolute Gasteiger partial charge is 0.287 e. The number of nitrogens with one attached hydrogen (secondary N) is 1. The Morgan fingerprint density at radius 1 is 1.38 bits per heavy atom. The van der Waals surface area contributed by atoms with E-state index in [1.54, 1.807) is 19.9 Å². The number of hydrogen-bond acceptors (Lipinski definition) is 7. The molecule has 0 radical (unpaired) electrons. The lowest BCUT2D eigenvalue weighted by molar-refractivity contribution is -0.385. The lowest BCUT2D eigenvalue weighted by atomic mass is 10.3. The summed E-state index contributed by atoms with van der Waals surface area (Å²) in [4.78, 5) is 18.7. The molecule has 0 aliphatic rings. The summed E-state index contributed by atoms with van der Waals surface area (Å²) in [5, 5.41) is 10.9. The number of ether oxygens (including phenoxy) is 1. The van der Waals surface area contributed by atoms with Crippen molar-refractivity contribution in [1.82, 2.24) is 9.97 Å². The maximum absolute atomic E-state index is 10.9. The molecule has 0 atom stereocenters. The molecule has 0 unspecified atom stereocenters. The lowest BCUT2D eigenvalue weighted by Crippen LogP contribution is -2.12. The average Bonchev–Trinajstić information content (AvgIpc) is 2.44. The van der Waals surface area contributed by atoms with Crippen molar-refractivity contribution in [3.8, 4) is 11.6 Å². The Morgan fingerprint density at radius 3 is 2.71 bits per heavy atom. The molecule has 0 spiro atoms. The van der Waals surface area contributed by atoms with Gasteiger partial charge in [0.1, 0.15) is 16.1 Å². The van der Waals surface area contributed by atoms with Crippen LogP contribution in [0, 0.1) is 24.0 Å². The first-order valence-corrected chi connectivity index (χ1v) is 6.66. The number of hydrazine groups is 1. The van der Waals surface area contributed by atoms with Crippen LogP contribution in [0.25, 0.3) is 0 Å². The van der Waals surface area contributed by atoms with E-state index < -0.39 is 4.92 Å². The predicted molar refractivity (Wildman–Crippen MR) is 80.2 cm³/mol. The van der Waals surface area contributed by atoms with Gasteiger partial charge in [-0.1, -0.05) is 6.07 Å². The number of rotatable bonds is 4. The predicted octanol–water partition coefficient (Wildman–Crippen LogP) is 2.84. The summed E-state index contributed by atoms with van der Waals surface area (Å²) in [6.07, 6.45) is 0. The molecule has 0 saturated carbocycles. The summed E-state index contributed by atoms with van der Waals surface area (Å²) in [5.41, 5.74) is 2.96. The summed E-state index contributed by atoms with van der Waals surface area (Å²) in [6.45, 7) is 3.42. The van der Waals surface area contributed by atoms with Crippen molar-refractivity contribution in [1.29, 1.82) is 0 Å². The summed E-state index contributed by atoms with van der Waals surface area (Å²) < 4.78 is 5.90. The van der Waals surface area contributed by atoms with E-state index >= 15 is 0 Å². The molecule has 2 rings (SSSR count). The Labute approximate surface area is 128 Å². The molecule has 1 heterocycles. The fourth-order valence-electron chi connectivity index (χ4n) is 1.67. The number of anilines is 1. The van der Waals surface area contributed by atoms with Crippen molar-refractivity contribution in [3.63, 3.8) is 0 Å². The summed E-state index contributed by atoms with van der Waals surface area (Å²) in [5.74, 6) is 6.83. The van der Waals surface area contributed by atoms with Crippen LogP contribution < -0.4 is 16.0 Å². The zero-order valence-corrected chi connectivity index (χ0v) is 12.8. The molecule has 3 N–H and O–H groups in total. The number of hydrogen-bond donors (Lipinski definition) is 2. The second-order valence-corrected chi connectivity index (χ2v) is 4.94. The normalized spacial score (nSPS) is 10.3. The third kappa shape index (κ3) is 3.09. The lowest BCUT2D eigenvalue weighted by Gasteiger charge is -2.12. The van der Waals surface area contributed by atoms with Crippen molar-refractivity contribution in [2.75, 3.05) is 5.43 Å². The first-order chi connectivity index (χ1) is 9.93. The minimum atomic E-state index is -0.498. The van der Waals surface area contributed by atoms with Crippen molar-refractivity contribution in [2.45, 2.75) is 13.8 Å². The topological polar surface area (TPSA) is 116 Å². The molecule has 110 valence electrons. The van der Waals surface area contributed by atoms with Crippen LogP contribution in [0.1, 0.15) is 11.4 Å². The van der Waals surface area contributed by atoms with Crippen molar-refractivity contribution in [2.24, 2.45) is 5.84 Å². The van der Waals surface area contributed by atoms with Gasteiger partial charge in [0.25, 0.3) is 5.69 Å². The Bertz CT molecular complexity index is 708. The fourth-order valence-corrected chi connectivity index (χ4v) is 2.16. The molecule has 21 heavy (non-hydrogen) atoms. The Morgan fingerprint density at radius 2 is 2.10 bits per heavy atom. The molecule has 0 amide bonds. The van der Waals surface area contributed by atoms with Crippen LogP contribution >= 0.6 is 15.9 Å². The van der Waals surface area contributed by atoms with Crippen LogP contribution in [-0.4, -0.2) is 14.9 Å².